The Morgan fingerprint density at radius 3 is 2.89 bits per heavy atom. The summed E-state index contributed by atoms with van der Waals surface area (Å²) in [6.07, 6.45) is 3.48. The highest BCUT2D eigenvalue weighted by atomic mass is 16.5. The number of aryl methyl sites for hydroxylation is 2. The molecule has 1 aromatic carbocycles. The Bertz CT molecular complexity index is 406. The second-order valence-corrected chi connectivity index (χ2v) is 5.65. The van der Waals surface area contributed by atoms with Gasteiger partial charge in [-0.05, 0) is 62.9 Å². The van der Waals surface area contributed by atoms with Gasteiger partial charge in [-0.3, -0.25) is 0 Å². The number of nitrogens with two attached hydrogens (primary N) is 1. The van der Waals surface area contributed by atoms with Crippen LogP contribution in [0.3, 0.4) is 0 Å². The number of benzene rings is 1. The number of hydrogen-bond donors (Lipinski definition) is 1. The first-order valence-electron chi connectivity index (χ1n) is 7.33. The van der Waals surface area contributed by atoms with Crippen molar-refractivity contribution in [2.45, 2.75) is 39.2 Å². The summed E-state index contributed by atoms with van der Waals surface area (Å²) >= 11 is 0. The predicted molar refractivity (Wildman–Crippen MR) is 79.7 cm³/mol. The summed E-state index contributed by atoms with van der Waals surface area (Å²) in [5.41, 5.74) is 8.58. The third-order valence-corrected chi connectivity index (χ3v) is 3.91. The molecule has 2 N–H and O–H groups in total. The van der Waals surface area contributed by atoms with Gasteiger partial charge in [0.25, 0.3) is 0 Å². The molecule has 19 heavy (non-hydrogen) atoms. The third kappa shape index (κ3) is 4.51. The molecule has 1 unspecified atom stereocenters. The first kappa shape index (κ1) is 14.4. The van der Waals surface area contributed by atoms with E-state index in [1.54, 1.807) is 0 Å². The van der Waals surface area contributed by atoms with Crippen LogP contribution in [0, 0.1) is 13.8 Å². The average Bonchev–Trinajstić information content (AvgIpc) is 2.39. The molecular weight excluding hydrogens is 236 g/mol. The molecule has 0 spiro atoms. The topological polar surface area (TPSA) is 38.5 Å². The monoisotopic (exact) mass is 262 g/mol. The number of likely N-dealkylation sites (tertiary alicyclic amines) is 1. The van der Waals surface area contributed by atoms with Gasteiger partial charge in [-0.2, -0.15) is 0 Å². The van der Waals surface area contributed by atoms with Gasteiger partial charge in [-0.1, -0.05) is 6.07 Å². The van der Waals surface area contributed by atoms with Crippen LogP contribution in [0.15, 0.2) is 18.2 Å². The van der Waals surface area contributed by atoms with Gasteiger partial charge in [0.05, 0.1) is 6.61 Å². The molecule has 0 radical (unpaired) electrons. The minimum Gasteiger partial charge on any atom is -0.494 e. The number of piperidine rings is 1. The molecule has 0 saturated carbocycles. The molecule has 1 saturated heterocycles. The summed E-state index contributed by atoms with van der Waals surface area (Å²) in [6, 6.07) is 6.66. The van der Waals surface area contributed by atoms with E-state index in [2.05, 4.69) is 36.9 Å². The van der Waals surface area contributed by atoms with Crippen LogP contribution in [-0.4, -0.2) is 37.2 Å². The zero-order valence-electron chi connectivity index (χ0n) is 12.2. The maximum Gasteiger partial charge on any atom is 0.119 e. The Labute approximate surface area is 116 Å². The van der Waals surface area contributed by atoms with Crippen molar-refractivity contribution >= 4 is 0 Å². The van der Waals surface area contributed by atoms with E-state index in [4.69, 9.17) is 10.5 Å². The highest BCUT2D eigenvalue weighted by Crippen LogP contribution is 2.16. The van der Waals surface area contributed by atoms with Gasteiger partial charge >= 0.3 is 0 Å². The van der Waals surface area contributed by atoms with E-state index in [-0.39, 0.29) is 0 Å². The molecule has 0 amide bonds. The Balaban J connectivity index is 1.67. The number of nitrogens with zero attached hydrogens (tertiary/aromatic N) is 1. The maximum atomic E-state index is 5.98. The van der Waals surface area contributed by atoms with Gasteiger partial charge in [-0.25, -0.2) is 0 Å². The fourth-order valence-electron chi connectivity index (χ4n) is 2.58. The molecule has 0 bridgehead atoms. The van der Waals surface area contributed by atoms with Gasteiger partial charge in [0.1, 0.15) is 5.75 Å². The molecule has 2 rings (SSSR count). The van der Waals surface area contributed by atoms with E-state index in [1.807, 2.05) is 0 Å². The highest BCUT2D eigenvalue weighted by Gasteiger charge is 2.15. The number of hydrogen-bond acceptors (Lipinski definition) is 3. The maximum absolute atomic E-state index is 5.98. The van der Waals surface area contributed by atoms with Crippen molar-refractivity contribution < 1.29 is 4.74 Å². The van der Waals surface area contributed by atoms with Gasteiger partial charge in [0.2, 0.25) is 0 Å². The van der Waals surface area contributed by atoms with Crippen molar-refractivity contribution in [3.8, 4) is 5.75 Å². The first-order chi connectivity index (χ1) is 9.15. The Morgan fingerprint density at radius 2 is 2.16 bits per heavy atom. The fourth-order valence-corrected chi connectivity index (χ4v) is 2.58. The summed E-state index contributed by atoms with van der Waals surface area (Å²) in [4.78, 5) is 2.46. The minimum atomic E-state index is 0.370. The molecule has 3 nitrogen and oxygen atoms in total. The van der Waals surface area contributed by atoms with E-state index in [0.29, 0.717) is 6.04 Å². The summed E-state index contributed by atoms with van der Waals surface area (Å²) in [5, 5.41) is 0. The lowest BCUT2D eigenvalue weighted by molar-refractivity contribution is 0.190. The second kappa shape index (κ2) is 6.92. The van der Waals surface area contributed by atoms with Crippen molar-refractivity contribution in [1.29, 1.82) is 0 Å². The molecular formula is C16H26N2O. The van der Waals surface area contributed by atoms with Crippen LogP contribution < -0.4 is 10.5 Å². The van der Waals surface area contributed by atoms with Crippen LogP contribution in [0.5, 0.6) is 5.75 Å². The molecule has 1 aliphatic heterocycles. The molecule has 1 heterocycles. The lowest BCUT2D eigenvalue weighted by Gasteiger charge is -2.30. The zero-order valence-corrected chi connectivity index (χ0v) is 12.2. The SMILES string of the molecule is Cc1ccc(OCCCN2CCCC(N)C2)cc1C. The smallest absolute Gasteiger partial charge is 0.119 e. The second-order valence-electron chi connectivity index (χ2n) is 5.65. The molecule has 1 aromatic rings. The zero-order chi connectivity index (χ0) is 13.7. The molecule has 1 atom stereocenters. The van der Waals surface area contributed by atoms with Gasteiger partial charge in [0, 0.05) is 19.1 Å². The average molecular weight is 262 g/mol. The molecule has 1 fully saturated rings. The molecule has 106 valence electrons. The summed E-state index contributed by atoms with van der Waals surface area (Å²) < 4.78 is 5.80. The Kier molecular flexibility index (Phi) is 5.23. The van der Waals surface area contributed by atoms with Crippen LogP contribution in [0.25, 0.3) is 0 Å². The summed E-state index contributed by atoms with van der Waals surface area (Å²) in [7, 11) is 0. The fraction of sp³-hybridized carbons (Fsp3) is 0.625. The number of rotatable bonds is 5. The molecule has 1 aliphatic rings. The molecule has 0 aliphatic carbocycles. The Hall–Kier alpha value is -1.06. The van der Waals surface area contributed by atoms with Crippen molar-refractivity contribution in [1.82, 2.24) is 4.90 Å². The van der Waals surface area contributed by atoms with E-state index >= 15 is 0 Å². The van der Waals surface area contributed by atoms with Crippen LogP contribution >= 0.6 is 0 Å². The largest absolute Gasteiger partial charge is 0.494 e. The first-order valence-corrected chi connectivity index (χ1v) is 7.33. The van der Waals surface area contributed by atoms with Crippen molar-refractivity contribution in [2.24, 2.45) is 5.73 Å². The normalized spacial score (nSPS) is 20.5. The van der Waals surface area contributed by atoms with Crippen molar-refractivity contribution in [3.63, 3.8) is 0 Å². The summed E-state index contributed by atoms with van der Waals surface area (Å²) in [5.74, 6) is 0.985. The van der Waals surface area contributed by atoms with E-state index in [1.165, 1.54) is 30.5 Å². The van der Waals surface area contributed by atoms with Crippen molar-refractivity contribution in [2.75, 3.05) is 26.2 Å². The number of ether oxygens (including phenoxy) is 1. The molecule has 0 aromatic heterocycles. The Morgan fingerprint density at radius 1 is 1.32 bits per heavy atom. The van der Waals surface area contributed by atoms with Crippen LogP contribution in [0.2, 0.25) is 0 Å². The molecule has 3 heteroatoms. The van der Waals surface area contributed by atoms with Gasteiger partial charge in [-0.15, -0.1) is 0 Å². The van der Waals surface area contributed by atoms with E-state index in [9.17, 15) is 0 Å². The van der Waals surface area contributed by atoms with E-state index < -0.39 is 0 Å². The third-order valence-electron chi connectivity index (χ3n) is 3.91. The standard InChI is InChI=1S/C16H26N2O/c1-13-6-7-16(11-14(13)2)19-10-4-9-18-8-3-5-15(17)12-18/h6-7,11,15H,3-5,8-10,12,17H2,1-2H3. The summed E-state index contributed by atoms with van der Waals surface area (Å²) in [6.45, 7) is 8.36. The van der Waals surface area contributed by atoms with E-state index in [0.717, 1.165) is 31.9 Å². The lowest BCUT2D eigenvalue weighted by atomic mass is 10.1. The van der Waals surface area contributed by atoms with Crippen LogP contribution in [-0.2, 0) is 0 Å². The van der Waals surface area contributed by atoms with Crippen molar-refractivity contribution in [3.05, 3.63) is 29.3 Å². The predicted octanol–water partition coefficient (Wildman–Crippen LogP) is 2.50. The van der Waals surface area contributed by atoms with Crippen LogP contribution in [0.4, 0.5) is 0 Å². The van der Waals surface area contributed by atoms with Gasteiger partial charge in [0.15, 0.2) is 0 Å². The quantitative estimate of drug-likeness (QED) is 0.829. The highest BCUT2D eigenvalue weighted by molar-refractivity contribution is 5.33. The van der Waals surface area contributed by atoms with Gasteiger partial charge < -0.3 is 15.4 Å². The van der Waals surface area contributed by atoms with Crippen LogP contribution in [0.1, 0.15) is 30.4 Å². The lowest BCUT2D eigenvalue weighted by Crippen LogP contribution is -2.43. The minimum absolute atomic E-state index is 0.370.